The van der Waals surface area contributed by atoms with E-state index in [4.69, 9.17) is 15.8 Å². The number of nitrogens with zero attached hydrogens (tertiary/aromatic N) is 4. The first-order chi connectivity index (χ1) is 15.0. The number of ether oxygens (including phenoxy) is 1. The van der Waals surface area contributed by atoms with Crippen LogP contribution < -0.4 is 4.74 Å². The Bertz CT molecular complexity index is 1160. The molecule has 7 nitrogen and oxygen atoms in total. The molecule has 0 amide bonds. The van der Waals surface area contributed by atoms with Crippen LogP contribution in [0.1, 0.15) is 37.4 Å². The zero-order chi connectivity index (χ0) is 21.5. The highest BCUT2D eigenvalue weighted by atomic mass is 16.5. The summed E-state index contributed by atoms with van der Waals surface area (Å²) in [4.78, 5) is 10.5. The van der Waals surface area contributed by atoms with E-state index in [0.717, 1.165) is 31.5 Å². The smallest absolute Gasteiger partial charge is 0.256 e. The minimum Gasteiger partial charge on any atom is -0.502 e. The number of hydrogen-bond donors (Lipinski definition) is 1. The molecule has 1 saturated heterocycles. The maximum absolute atomic E-state index is 9.67. The van der Waals surface area contributed by atoms with Gasteiger partial charge in [-0.05, 0) is 56.0 Å². The van der Waals surface area contributed by atoms with Crippen molar-refractivity contribution in [1.82, 2.24) is 15.0 Å². The third-order valence-corrected chi connectivity index (χ3v) is 5.93. The molecule has 0 spiro atoms. The van der Waals surface area contributed by atoms with Crippen molar-refractivity contribution in [3.05, 3.63) is 58.9 Å². The number of likely N-dealkylation sites (tertiary alicyclic amines) is 1. The third kappa shape index (κ3) is 3.58. The molecule has 5 rings (SSSR count). The maximum Gasteiger partial charge on any atom is 0.256 e. The van der Waals surface area contributed by atoms with Gasteiger partial charge in [0.05, 0.1) is 18.8 Å². The zero-order valence-corrected chi connectivity index (χ0v) is 17.6. The minimum absolute atomic E-state index is 0.00937. The molecule has 7 heteroatoms. The van der Waals surface area contributed by atoms with Gasteiger partial charge < -0.3 is 14.4 Å². The maximum atomic E-state index is 9.67. The number of hydrogen-bond acceptors (Lipinski definition) is 6. The van der Waals surface area contributed by atoms with Crippen molar-refractivity contribution in [3.8, 4) is 28.6 Å². The number of aromatic nitrogens is 2. The van der Waals surface area contributed by atoms with Crippen molar-refractivity contribution in [1.29, 1.82) is 0 Å². The van der Waals surface area contributed by atoms with Gasteiger partial charge in [0.25, 0.3) is 5.89 Å². The van der Waals surface area contributed by atoms with Crippen molar-refractivity contribution < 1.29 is 14.4 Å². The second kappa shape index (κ2) is 7.80. The Balaban J connectivity index is 1.44. The molecular weight excluding hydrogens is 392 g/mol. The Morgan fingerprint density at radius 2 is 2.10 bits per heavy atom. The number of β-amino-alcohol motifs (C(OH)–C–C–N with tert-alkyl or cyclic N) is 1. The Hall–Kier alpha value is -3.21. The molecule has 1 aliphatic heterocycles. The number of aliphatic hydroxyl groups excluding tert-OH is 1. The van der Waals surface area contributed by atoms with Crippen molar-refractivity contribution in [3.63, 3.8) is 0 Å². The van der Waals surface area contributed by atoms with Crippen molar-refractivity contribution >= 4 is 5.69 Å². The van der Waals surface area contributed by atoms with Crippen LogP contribution in [0.15, 0.2) is 40.9 Å². The van der Waals surface area contributed by atoms with E-state index in [-0.39, 0.29) is 12.2 Å². The molecule has 31 heavy (non-hydrogen) atoms. The SMILES string of the molecule is [C-]#[N+]c1cc(-c2nc(-c3cccc4c3CC[C@H]4N3CC(O)C3)no2)ccc1OC(C)C. The first kappa shape index (κ1) is 19.7. The molecule has 0 radical (unpaired) electrons. The van der Waals surface area contributed by atoms with Gasteiger partial charge in [-0.15, -0.1) is 0 Å². The minimum atomic E-state index is -0.204. The number of aliphatic hydroxyl groups is 1. The normalized spacial score (nSPS) is 18.6. The summed E-state index contributed by atoms with van der Waals surface area (Å²) in [7, 11) is 0. The van der Waals surface area contributed by atoms with Crippen LogP contribution in [-0.4, -0.2) is 45.4 Å². The molecule has 1 N–H and O–H groups in total. The first-order valence-corrected chi connectivity index (χ1v) is 10.6. The van der Waals surface area contributed by atoms with Crippen LogP contribution in [0, 0.1) is 6.57 Å². The molecule has 0 unspecified atom stereocenters. The van der Waals surface area contributed by atoms with Gasteiger partial charge in [-0.25, -0.2) is 4.85 Å². The summed E-state index contributed by atoms with van der Waals surface area (Å²) in [6, 6.07) is 11.9. The van der Waals surface area contributed by atoms with E-state index >= 15 is 0 Å². The predicted molar refractivity (Wildman–Crippen MR) is 116 cm³/mol. The van der Waals surface area contributed by atoms with Gasteiger partial charge in [0.1, 0.15) is 5.75 Å². The van der Waals surface area contributed by atoms with E-state index in [1.54, 1.807) is 12.1 Å². The molecule has 158 valence electrons. The lowest BCUT2D eigenvalue weighted by molar-refractivity contribution is -0.0251. The highest BCUT2D eigenvalue weighted by Gasteiger charge is 2.36. The molecular formula is C24H24N4O3. The molecule has 1 fully saturated rings. The van der Waals surface area contributed by atoms with Crippen LogP contribution in [0.2, 0.25) is 0 Å². The quantitative estimate of drug-likeness (QED) is 0.621. The van der Waals surface area contributed by atoms with Crippen molar-refractivity contribution in [2.24, 2.45) is 0 Å². The van der Waals surface area contributed by atoms with E-state index in [0.29, 0.717) is 34.8 Å². The number of rotatable bonds is 5. The molecule has 2 aliphatic rings. The van der Waals surface area contributed by atoms with Crippen LogP contribution in [0.3, 0.4) is 0 Å². The first-order valence-electron chi connectivity index (χ1n) is 10.6. The molecule has 0 bridgehead atoms. The standard InChI is InChI=1S/C24H24N4O3/c1-14(2)30-22-10-7-15(11-20(22)25-3)24-26-23(27-31-24)19-6-4-5-18-17(19)8-9-21(18)28-12-16(29)13-28/h4-7,10-11,14,16,21,29H,8-9,12-13H2,1-2H3/t21-/m1/s1. The average Bonchev–Trinajstić information content (AvgIpc) is 3.39. The van der Waals surface area contributed by atoms with Crippen LogP contribution in [0.5, 0.6) is 5.75 Å². The molecule has 1 aromatic heterocycles. The summed E-state index contributed by atoms with van der Waals surface area (Å²) >= 11 is 0. The van der Waals surface area contributed by atoms with Gasteiger partial charge in [-0.2, -0.15) is 4.98 Å². The van der Waals surface area contributed by atoms with Crippen LogP contribution in [0.25, 0.3) is 27.7 Å². The van der Waals surface area contributed by atoms with Gasteiger partial charge in [0.2, 0.25) is 11.5 Å². The molecule has 3 aromatic rings. The Morgan fingerprint density at radius 3 is 2.84 bits per heavy atom. The van der Waals surface area contributed by atoms with Crippen LogP contribution >= 0.6 is 0 Å². The fourth-order valence-corrected chi connectivity index (χ4v) is 4.51. The summed E-state index contributed by atoms with van der Waals surface area (Å²) in [6.07, 6.45) is 1.78. The summed E-state index contributed by atoms with van der Waals surface area (Å²) in [5.41, 5.74) is 4.65. The largest absolute Gasteiger partial charge is 0.502 e. The average molecular weight is 416 g/mol. The summed E-state index contributed by atoms with van der Waals surface area (Å²) in [5, 5.41) is 13.9. The Morgan fingerprint density at radius 1 is 1.26 bits per heavy atom. The van der Waals surface area contributed by atoms with E-state index in [9.17, 15) is 5.11 Å². The summed E-state index contributed by atoms with van der Waals surface area (Å²) in [6.45, 7) is 12.8. The van der Waals surface area contributed by atoms with Crippen LogP contribution in [0.4, 0.5) is 5.69 Å². The van der Waals surface area contributed by atoms with Gasteiger partial charge >= 0.3 is 0 Å². The Labute approximate surface area is 181 Å². The lowest BCUT2D eigenvalue weighted by Gasteiger charge is -2.40. The lowest BCUT2D eigenvalue weighted by Crippen LogP contribution is -2.51. The Kier molecular flexibility index (Phi) is 4.97. The fraction of sp³-hybridized carbons (Fsp3) is 0.375. The molecule has 2 heterocycles. The van der Waals surface area contributed by atoms with Crippen LogP contribution in [-0.2, 0) is 6.42 Å². The zero-order valence-electron chi connectivity index (χ0n) is 17.6. The molecule has 1 atom stereocenters. The monoisotopic (exact) mass is 416 g/mol. The summed E-state index contributed by atoms with van der Waals surface area (Å²) in [5.74, 6) is 1.49. The fourth-order valence-electron chi connectivity index (χ4n) is 4.51. The van der Waals surface area contributed by atoms with E-state index in [2.05, 4.69) is 26.0 Å². The third-order valence-electron chi connectivity index (χ3n) is 5.93. The van der Waals surface area contributed by atoms with E-state index in [1.807, 2.05) is 32.0 Å². The highest BCUT2D eigenvalue weighted by Crippen LogP contribution is 2.42. The van der Waals surface area contributed by atoms with Gasteiger partial charge in [-0.1, -0.05) is 23.4 Å². The van der Waals surface area contributed by atoms with Crippen molar-refractivity contribution in [2.45, 2.75) is 44.9 Å². The topological polar surface area (TPSA) is 76.0 Å². The van der Waals surface area contributed by atoms with Gasteiger partial charge in [0.15, 0.2) is 0 Å². The molecule has 1 aliphatic carbocycles. The molecule has 2 aromatic carbocycles. The van der Waals surface area contributed by atoms with Crippen molar-refractivity contribution in [2.75, 3.05) is 13.1 Å². The molecule has 0 saturated carbocycles. The predicted octanol–water partition coefficient (Wildman–Crippen LogP) is 4.41. The second-order valence-corrected chi connectivity index (χ2v) is 8.42. The van der Waals surface area contributed by atoms with E-state index < -0.39 is 0 Å². The lowest BCUT2D eigenvalue weighted by atomic mass is 9.99. The van der Waals surface area contributed by atoms with Gasteiger partial charge in [-0.3, -0.25) is 4.90 Å². The summed E-state index contributed by atoms with van der Waals surface area (Å²) < 4.78 is 11.3. The highest BCUT2D eigenvalue weighted by molar-refractivity contribution is 5.70. The number of fused-ring (bicyclic) bond motifs is 1. The number of benzene rings is 2. The van der Waals surface area contributed by atoms with Gasteiger partial charge in [0, 0.05) is 30.3 Å². The van der Waals surface area contributed by atoms with E-state index in [1.165, 1.54) is 11.1 Å². The second-order valence-electron chi connectivity index (χ2n) is 8.42.